The lowest BCUT2D eigenvalue weighted by Crippen LogP contribution is -2.59. The summed E-state index contributed by atoms with van der Waals surface area (Å²) < 4.78 is 0. The monoisotopic (exact) mass is 1300 g/mol. The molecule has 36 heteroatoms. The summed E-state index contributed by atoms with van der Waals surface area (Å²) in [5, 5.41) is 51.8. The maximum atomic E-state index is 12.6. The molecule has 3 saturated heterocycles. The number of carboxylic acid groups (broad SMARTS) is 6. The number of carbonyl (C=O) groups excluding carboxylic acids is 9. The molecule has 6 N–H and O–H groups in total. The lowest BCUT2D eigenvalue weighted by molar-refractivity contribution is -0.159. The third-order valence-corrected chi connectivity index (χ3v) is 16.4. The molecule has 3 fully saturated rings. The van der Waals surface area contributed by atoms with E-state index in [-0.39, 0.29) is 198 Å². The van der Waals surface area contributed by atoms with E-state index in [1.54, 1.807) is 0 Å². The van der Waals surface area contributed by atoms with E-state index in [4.69, 9.17) is 30.6 Å². The Hall–Kier alpha value is -6.63. The zero-order valence-corrected chi connectivity index (χ0v) is 50.6. The van der Waals surface area contributed by atoms with Crippen molar-refractivity contribution in [2.45, 2.75) is 38.5 Å². The number of hydrogen-bond acceptors (Lipinski definition) is 21. The minimum Gasteiger partial charge on any atom is -0.481 e. The maximum Gasteiger partial charge on any atom is 0.313 e. The summed E-state index contributed by atoms with van der Waals surface area (Å²) in [6.07, 6.45) is 3.78. The fraction of sp³-hybridized carbons (Fsp3) is 0.562. The molecule has 0 atom stereocenters. The molecule has 0 spiro atoms. The van der Waals surface area contributed by atoms with Crippen LogP contribution in [0, 0.1) is 0 Å². The van der Waals surface area contributed by atoms with E-state index in [0.717, 1.165) is 88.8 Å². The molecule has 468 valence electrons. The molecule has 0 unspecified atom stereocenters. The van der Waals surface area contributed by atoms with Gasteiger partial charge in [0, 0.05) is 73.0 Å². The molecular formula is C48H69N9O21S6. The molecule has 9 amide bonds. The minimum atomic E-state index is -0.986. The smallest absolute Gasteiger partial charge is 0.313 e. The Bertz CT molecular complexity index is 2220. The number of hydrogen-bond donors (Lipinski definition) is 6. The van der Waals surface area contributed by atoms with Gasteiger partial charge in [-0.05, 0) is 18.2 Å². The third kappa shape index (κ3) is 32.4. The van der Waals surface area contributed by atoms with Crippen molar-refractivity contribution in [2.24, 2.45) is 0 Å². The number of nitrogens with zero attached hydrogens (tertiary/aromatic N) is 9. The van der Waals surface area contributed by atoms with Gasteiger partial charge in [-0.2, -0.15) is 0 Å². The highest BCUT2D eigenvalue weighted by Gasteiger charge is 2.34. The van der Waals surface area contributed by atoms with E-state index in [9.17, 15) is 71.9 Å². The van der Waals surface area contributed by atoms with E-state index in [2.05, 4.69) is 19.7 Å². The average molecular weight is 1300 g/mol. The summed E-state index contributed by atoms with van der Waals surface area (Å²) in [7, 11) is 0. The standard InChI is InChI=1S/C18H27N3O9S3.C16H23N3O7S2.C14H19N3O5S/c22-13(1-4-31-7-16(25)26)19-10-20(14(23)2-5-32-8-17(27)28)12-21(11-19)15(24)3-6-33-9-18(29)30;1-2-12(20)17-9-18(13(21)3-5-27-7-15(23)24)11-19(10-17)14(22)4-6-28-8-16(25)26;1-3-11(18)15-8-16(12(19)4-2)10-17(9-15)13(20)5-6-23-7-14(21)22/h1-12H2,(H,25,26)(H,27,28)(H,29,30);2H,1,3-11H2,(H,23,24)(H,25,26);3-4H,1-2,5-10H2,(H,21,22). The van der Waals surface area contributed by atoms with Gasteiger partial charge in [-0.3, -0.25) is 71.9 Å². The number of thioether (sulfide) groups is 6. The van der Waals surface area contributed by atoms with E-state index in [1.807, 2.05) is 0 Å². The van der Waals surface area contributed by atoms with Gasteiger partial charge >= 0.3 is 35.8 Å². The second-order valence-corrected chi connectivity index (χ2v) is 23.9. The number of carboxylic acids is 6. The van der Waals surface area contributed by atoms with Gasteiger partial charge in [0.2, 0.25) is 53.2 Å². The van der Waals surface area contributed by atoms with E-state index in [0.29, 0.717) is 17.3 Å². The van der Waals surface area contributed by atoms with E-state index in [1.165, 1.54) is 44.1 Å². The van der Waals surface area contributed by atoms with Crippen molar-refractivity contribution in [2.75, 3.05) is 129 Å². The molecular weight excluding hydrogens is 1230 g/mol. The van der Waals surface area contributed by atoms with Crippen molar-refractivity contribution in [3.8, 4) is 0 Å². The quantitative estimate of drug-likeness (QED) is 0.0368. The summed E-state index contributed by atoms with van der Waals surface area (Å²) >= 11 is 6.63. The summed E-state index contributed by atoms with van der Waals surface area (Å²) in [5.41, 5.74) is 0. The van der Waals surface area contributed by atoms with Gasteiger partial charge in [0.25, 0.3) is 0 Å². The van der Waals surface area contributed by atoms with Gasteiger partial charge in [0.15, 0.2) is 0 Å². The summed E-state index contributed by atoms with van der Waals surface area (Å²) in [4.78, 5) is 186. The van der Waals surface area contributed by atoms with Crippen molar-refractivity contribution in [1.82, 2.24) is 44.1 Å². The van der Waals surface area contributed by atoms with Crippen LogP contribution in [-0.4, -0.2) is 293 Å². The van der Waals surface area contributed by atoms with Gasteiger partial charge in [-0.1, -0.05) is 19.7 Å². The number of rotatable bonds is 33. The highest BCUT2D eigenvalue weighted by atomic mass is 32.2. The minimum absolute atomic E-state index is 0.0187. The number of amides is 9. The first-order valence-corrected chi connectivity index (χ1v) is 31.8. The van der Waals surface area contributed by atoms with Gasteiger partial charge in [-0.25, -0.2) is 0 Å². The van der Waals surface area contributed by atoms with Crippen LogP contribution in [0.4, 0.5) is 0 Å². The summed E-state index contributed by atoms with van der Waals surface area (Å²) in [5.74, 6) is -7.71. The zero-order valence-electron chi connectivity index (χ0n) is 45.7. The maximum absolute atomic E-state index is 12.6. The normalized spacial score (nSPS) is 13.9. The molecule has 30 nitrogen and oxygen atoms in total. The first-order chi connectivity index (χ1) is 39.7. The Morgan fingerprint density at radius 2 is 0.393 bits per heavy atom. The fourth-order valence-electron chi connectivity index (χ4n) is 6.87. The lowest BCUT2D eigenvalue weighted by atomic mass is 10.3. The largest absolute Gasteiger partial charge is 0.481 e. The fourth-order valence-corrected chi connectivity index (χ4v) is 10.7. The predicted octanol–water partition coefficient (Wildman–Crippen LogP) is -0.120. The molecule has 3 heterocycles. The van der Waals surface area contributed by atoms with Crippen LogP contribution in [0.3, 0.4) is 0 Å². The van der Waals surface area contributed by atoms with Crippen molar-refractivity contribution in [3.63, 3.8) is 0 Å². The van der Waals surface area contributed by atoms with Crippen LogP contribution in [0.1, 0.15) is 38.5 Å². The van der Waals surface area contributed by atoms with Gasteiger partial charge in [0.1, 0.15) is 0 Å². The molecule has 0 radical (unpaired) electrons. The molecule has 0 aromatic carbocycles. The van der Waals surface area contributed by atoms with Crippen LogP contribution >= 0.6 is 70.6 Å². The average Bonchev–Trinajstić information content (AvgIpc) is 3.48. The van der Waals surface area contributed by atoms with Crippen molar-refractivity contribution < 1.29 is 103 Å². The van der Waals surface area contributed by atoms with Gasteiger partial charge in [0.05, 0.1) is 94.5 Å². The van der Waals surface area contributed by atoms with Crippen LogP contribution < -0.4 is 0 Å². The zero-order chi connectivity index (χ0) is 63.3. The first kappa shape index (κ1) is 75.4. The Labute approximate surface area is 509 Å². The summed E-state index contributed by atoms with van der Waals surface area (Å²) in [6, 6.07) is 0. The highest BCUT2D eigenvalue weighted by Crippen LogP contribution is 2.18. The summed E-state index contributed by atoms with van der Waals surface area (Å²) in [6.45, 7) is 10.4. The van der Waals surface area contributed by atoms with Crippen molar-refractivity contribution in [3.05, 3.63) is 38.0 Å². The van der Waals surface area contributed by atoms with Crippen LogP contribution in [0.25, 0.3) is 0 Å². The van der Waals surface area contributed by atoms with E-state index < -0.39 is 41.7 Å². The number of carbonyl (C=O) groups is 15. The topological polar surface area (TPSA) is 407 Å². The second kappa shape index (κ2) is 42.2. The van der Waals surface area contributed by atoms with Crippen LogP contribution in [-0.2, 0) is 71.9 Å². The Morgan fingerprint density at radius 3 is 0.524 bits per heavy atom. The second-order valence-electron chi connectivity index (χ2n) is 17.3. The third-order valence-electron chi connectivity index (χ3n) is 10.8. The number of aliphatic carboxylic acids is 6. The Balaban J connectivity index is 0.000000640. The van der Waals surface area contributed by atoms with Gasteiger partial charge in [-0.15, -0.1) is 70.6 Å². The van der Waals surface area contributed by atoms with Crippen LogP contribution in [0.5, 0.6) is 0 Å². The molecule has 3 aliphatic rings. The van der Waals surface area contributed by atoms with Crippen molar-refractivity contribution >= 4 is 160 Å². The molecule has 3 rings (SSSR count). The SMILES string of the molecule is C=CC(=O)N1CN(C(=O)C=C)CN(C(=O)CCSCC(=O)O)C1.C=CC(=O)N1CN(C(=O)CCSCC(=O)O)CN(C(=O)CCSCC(=O)O)C1.O=C(O)CSCCC(=O)N1CN(C(=O)CCSCC(=O)O)CN(C(=O)CCSCC(=O)O)C1. The molecule has 0 bridgehead atoms. The molecule has 0 aliphatic carbocycles. The molecule has 3 aliphatic heterocycles. The van der Waals surface area contributed by atoms with Crippen molar-refractivity contribution in [1.29, 1.82) is 0 Å². The molecule has 0 aromatic heterocycles. The Morgan fingerprint density at radius 1 is 0.262 bits per heavy atom. The first-order valence-electron chi connectivity index (χ1n) is 24.9. The van der Waals surface area contributed by atoms with Crippen LogP contribution in [0.15, 0.2) is 38.0 Å². The van der Waals surface area contributed by atoms with E-state index >= 15 is 0 Å². The van der Waals surface area contributed by atoms with Gasteiger partial charge < -0.3 is 74.7 Å². The van der Waals surface area contributed by atoms with Crippen LogP contribution in [0.2, 0.25) is 0 Å². The molecule has 84 heavy (non-hydrogen) atoms. The Kier molecular flexibility index (Phi) is 37.9. The predicted molar refractivity (Wildman–Crippen MR) is 313 cm³/mol. The molecule has 0 aromatic rings. The highest BCUT2D eigenvalue weighted by molar-refractivity contribution is 8.01. The molecule has 0 saturated carbocycles. The lowest BCUT2D eigenvalue weighted by Gasteiger charge is -2.42.